The highest BCUT2D eigenvalue weighted by atomic mass is 32.2. The van der Waals surface area contributed by atoms with E-state index >= 15 is 0 Å². The number of hydrogen-bond donors (Lipinski definition) is 2. The highest BCUT2D eigenvalue weighted by molar-refractivity contribution is 7.92. The monoisotopic (exact) mass is 405 g/mol. The molecule has 1 aromatic carbocycles. The van der Waals surface area contributed by atoms with Gasteiger partial charge in [0.25, 0.3) is 21.8 Å². The number of carbonyl (C=O) groups is 1. The lowest BCUT2D eigenvalue weighted by molar-refractivity contribution is 0.0954. The van der Waals surface area contributed by atoms with Gasteiger partial charge < -0.3 is 9.84 Å². The molecule has 0 aliphatic carbocycles. The third-order valence-electron chi connectivity index (χ3n) is 3.81. The lowest BCUT2D eigenvalue weighted by Crippen LogP contribution is -2.26. The molecule has 0 radical (unpaired) electrons. The van der Waals surface area contributed by atoms with Gasteiger partial charge in [0, 0.05) is 17.5 Å². The lowest BCUT2D eigenvalue weighted by atomic mass is 10.1. The third-order valence-corrected chi connectivity index (χ3v) is 5.84. The van der Waals surface area contributed by atoms with Crippen molar-refractivity contribution in [2.75, 3.05) is 11.3 Å². The number of anilines is 1. The first kappa shape index (κ1) is 19.1. The van der Waals surface area contributed by atoms with Gasteiger partial charge in [-0.05, 0) is 30.0 Å². The van der Waals surface area contributed by atoms with Crippen molar-refractivity contribution < 1.29 is 17.7 Å². The predicted molar refractivity (Wildman–Crippen MR) is 104 cm³/mol. The van der Waals surface area contributed by atoms with Crippen LogP contribution >= 0.6 is 11.3 Å². The largest absolute Gasteiger partial charge is 0.352 e. The van der Waals surface area contributed by atoms with Crippen molar-refractivity contribution in [2.45, 2.75) is 24.7 Å². The molecule has 2 heterocycles. The number of thiophene rings is 1. The van der Waals surface area contributed by atoms with Crippen LogP contribution in [-0.4, -0.2) is 26.0 Å². The summed E-state index contributed by atoms with van der Waals surface area (Å²) >= 11 is 1.44. The Labute approximate surface area is 161 Å². The van der Waals surface area contributed by atoms with Crippen molar-refractivity contribution in [1.29, 1.82) is 0 Å². The van der Waals surface area contributed by atoms with Crippen LogP contribution in [0.5, 0.6) is 0 Å². The molecule has 2 aromatic heterocycles. The van der Waals surface area contributed by atoms with E-state index in [0.717, 1.165) is 12.8 Å². The van der Waals surface area contributed by atoms with Gasteiger partial charge in [0.05, 0.1) is 4.90 Å². The summed E-state index contributed by atoms with van der Waals surface area (Å²) in [6.45, 7) is 2.50. The van der Waals surface area contributed by atoms with Crippen LogP contribution in [-0.2, 0) is 10.0 Å². The smallest absolute Gasteiger partial charge is 0.264 e. The fraction of sp³-hybridized carbons (Fsp3) is 0.222. The first-order chi connectivity index (χ1) is 13.0. The predicted octanol–water partition coefficient (Wildman–Crippen LogP) is 3.73. The second-order valence-corrected chi connectivity index (χ2v) is 8.24. The number of benzene rings is 1. The first-order valence-electron chi connectivity index (χ1n) is 8.41. The average Bonchev–Trinajstić information content (AvgIpc) is 3.32. The number of hydrogen-bond acceptors (Lipinski definition) is 6. The molecule has 0 aliphatic rings. The molecule has 9 heteroatoms. The Balaban J connectivity index is 1.96. The van der Waals surface area contributed by atoms with Crippen LogP contribution in [0.25, 0.3) is 11.3 Å². The topological polar surface area (TPSA) is 101 Å². The Hall–Kier alpha value is -2.65. The van der Waals surface area contributed by atoms with E-state index in [0.29, 0.717) is 17.8 Å². The number of nitrogens with zero attached hydrogens (tertiary/aromatic N) is 1. The van der Waals surface area contributed by atoms with Gasteiger partial charge in [0.2, 0.25) is 0 Å². The van der Waals surface area contributed by atoms with E-state index in [4.69, 9.17) is 4.52 Å². The summed E-state index contributed by atoms with van der Waals surface area (Å²) in [6, 6.07) is 9.66. The molecular formula is C18H19N3O4S2. The zero-order valence-electron chi connectivity index (χ0n) is 14.6. The summed E-state index contributed by atoms with van der Waals surface area (Å²) in [5, 5.41) is 10.4. The molecule has 3 rings (SSSR count). The molecule has 1 amide bonds. The molecule has 0 bridgehead atoms. The summed E-state index contributed by atoms with van der Waals surface area (Å²) in [4.78, 5) is 12.8. The summed E-state index contributed by atoms with van der Waals surface area (Å²) in [5.41, 5.74) is 1.06. The van der Waals surface area contributed by atoms with Crippen LogP contribution in [0.1, 0.15) is 30.1 Å². The Morgan fingerprint density at radius 1 is 1.22 bits per heavy atom. The number of amides is 1. The molecule has 3 aromatic rings. The standard InChI is InChI=1S/C18H19N3O4S2/c1-2-3-10-19-17(22)15-16(13-9-11-26-12-13)20-25-18(15)21-27(23,24)14-7-5-4-6-8-14/h4-9,11-12,21H,2-3,10H2,1H3,(H,19,22). The second-order valence-electron chi connectivity index (χ2n) is 5.78. The maximum atomic E-state index is 12.7. The molecule has 142 valence electrons. The molecule has 0 saturated carbocycles. The van der Waals surface area contributed by atoms with Crippen LogP contribution in [0, 0.1) is 0 Å². The molecule has 27 heavy (non-hydrogen) atoms. The van der Waals surface area contributed by atoms with Crippen molar-refractivity contribution in [2.24, 2.45) is 0 Å². The van der Waals surface area contributed by atoms with Crippen LogP contribution in [0.2, 0.25) is 0 Å². The number of sulfonamides is 1. The Morgan fingerprint density at radius 3 is 2.67 bits per heavy atom. The summed E-state index contributed by atoms with van der Waals surface area (Å²) in [6.07, 6.45) is 1.74. The SMILES string of the molecule is CCCCNC(=O)c1c(-c2ccsc2)noc1NS(=O)(=O)c1ccccc1. The number of unbranched alkanes of at least 4 members (excludes halogenated alkanes) is 1. The number of nitrogens with one attached hydrogen (secondary N) is 2. The van der Waals surface area contributed by atoms with Crippen molar-refractivity contribution in [1.82, 2.24) is 10.5 Å². The van der Waals surface area contributed by atoms with E-state index in [-0.39, 0.29) is 16.3 Å². The van der Waals surface area contributed by atoms with Gasteiger partial charge in [0.1, 0.15) is 11.3 Å². The molecule has 0 atom stereocenters. The van der Waals surface area contributed by atoms with Gasteiger partial charge in [-0.2, -0.15) is 11.3 Å². The van der Waals surface area contributed by atoms with Crippen molar-refractivity contribution in [3.05, 3.63) is 52.7 Å². The maximum absolute atomic E-state index is 12.7. The molecule has 0 saturated heterocycles. The molecule has 0 fully saturated rings. The van der Waals surface area contributed by atoms with Crippen molar-refractivity contribution >= 4 is 33.2 Å². The van der Waals surface area contributed by atoms with E-state index < -0.39 is 15.9 Å². The average molecular weight is 406 g/mol. The molecule has 0 unspecified atom stereocenters. The minimum Gasteiger partial charge on any atom is -0.352 e. The number of rotatable bonds is 8. The van der Waals surface area contributed by atoms with E-state index in [2.05, 4.69) is 15.2 Å². The Bertz CT molecular complexity index is 997. The lowest BCUT2D eigenvalue weighted by Gasteiger charge is -2.08. The maximum Gasteiger partial charge on any atom is 0.264 e. The zero-order chi connectivity index (χ0) is 19.3. The van der Waals surface area contributed by atoms with Crippen molar-refractivity contribution in [3.63, 3.8) is 0 Å². The molecular weight excluding hydrogens is 386 g/mol. The van der Waals surface area contributed by atoms with Gasteiger partial charge in [-0.15, -0.1) is 0 Å². The fourth-order valence-corrected chi connectivity index (χ4v) is 4.07. The van der Waals surface area contributed by atoms with Crippen LogP contribution < -0.4 is 10.0 Å². The summed E-state index contributed by atoms with van der Waals surface area (Å²) in [7, 11) is -3.91. The molecule has 0 aliphatic heterocycles. The van der Waals surface area contributed by atoms with Gasteiger partial charge >= 0.3 is 0 Å². The van der Waals surface area contributed by atoms with Gasteiger partial charge in [-0.25, -0.2) is 13.1 Å². The normalized spacial score (nSPS) is 11.3. The quantitative estimate of drug-likeness (QED) is 0.556. The van der Waals surface area contributed by atoms with E-state index in [9.17, 15) is 13.2 Å². The fourth-order valence-electron chi connectivity index (χ4n) is 2.41. The van der Waals surface area contributed by atoms with E-state index in [1.165, 1.54) is 23.5 Å². The molecule has 0 spiro atoms. The van der Waals surface area contributed by atoms with Crippen molar-refractivity contribution in [3.8, 4) is 11.3 Å². The number of carbonyl (C=O) groups excluding carboxylic acids is 1. The molecule has 2 N–H and O–H groups in total. The van der Waals surface area contributed by atoms with Gasteiger partial charge in [0.15, 0.2) is 0 Å². The van der Waals surface area contributed by atoms with E-state index in [1.807, 2.05) is 17.7 Å². The van der Waals surface area contributed by atoms with Crippen LogP contribution in [0.15, 0.2) is 56.6 Å². The van der Waals surface area contributed by atoms with Gasteiger partial charge in [-0.3, -0.25) is 4.79 Å². The Morgan fingerprint density at radius 2 is 2.00 bits per heavy atom. The third kappa shape index (κ3) is 4.37. The van der Waals surface area contributed by atoms with Gasteiger partial charge in [-0.1, -0.05) is 36.7 Å². The summed E-state index contributed by atoms with van der Waals surface area (Å²) in [5.74, 6) is -0.634. The minimum absolute atomic E-state index is 0.0656. The van der Waals surface area contributed by atoms with Crippen LogP contribution in [0.3, 0.4) is 0 Å². The minimum atomic E-state index is -3.91. The highest BCUT2D eigenvalue weighted by Gasteiger charge is 2.27. The van der Waals surface area contributed by atoms with Crippen LogP contribution in [0.4, 0.5) is 5.88 Å². The second kappa shape index (κ2) is 8.36. The van der Waals surface area contributed by atoms with E-state index in [1.54, 1.807) is 24.3 Å². The highest BCUT2D eigenvalue weighted by Crippen LogP contribution is 2.31. The first-order valence-corrected chi connectivity index (χ1v) is 10.8. The zero-order valence-corrected chi connectivity index (χ0v) is 16.3. The molecule has 7 nitrogen and oxygen atoms in total. The summed E-state index contributed by atoms with van der Waals surface area (Å²) < 4.78 is 32.8. The Kier molecular flexibility index (Phi) is 5.92. The number of aromatic nitrogens is 1.